The Balaban J connectivity index is 2.27. The molecule has 1 unspecified atom stereocenters. The second-order valence-corrected chi connectivity index (χ2v) is 4.45. The van der Waals surface area contributed by atoms with Crippen LogP contribution in [0.3, 0.4) is 0 Å². The monoisotopic (exact) mass is 265 g/mol. The van der Waals surface area contributed by atoms with E-state index in [2.05, 4.69) is 4.98 Å². The molecule has 2 N–H and O–H groups in total. The van der Waals surface area contributed by atoms with Gasteiger partial charge in [-0.05, 0) is 19.4 Å². The van der Waals surface area contributed by atoms with Crippen molar-refractivity contribution in [3.05, 3.63) is 17.8 Å². The molecule has 0 bridgehead atoms. The molecule has 1 fully saturated rings. The van der Waals surface area contributed by atoms with Crippen molar-refractivity contribution in [3.63, 3.8) is 0 Å². The molecule has 0 amide bonds. The first-order valence-corrected chi connectivity index (χ1v) is 6.36. The number of nitrogen functional groups attached to an aromatic ring is 1. The van der Waals surface area contributed by atoms with Crippen LogP contribution in [0.25, 0.3) is 0 Å². The minimum absolute atomic E-state index is 0.175. The van der Waals surface area contributed by atoms with E-state index in [1.165, 1.54) is 0 Å². The minimum Gasteiger partial charge on any atom is -0.462 e. The van der Waals surface area contributed by atoms with Gasteiger partial charge in [-0.2, -0.15) is 0 Å². The maximum atomic E-state index is 11.9. The number of esters is 1. The first-order chi connectivity index (χ1) is 9.15. The quantitative estimate of drug-likeness (QED) is 0.820. The summed E-state index contributed by atoms with van der Waals surface area (Å²) >= 11 is 0. The second-order valence-electron chi connectivity index (χ2n) is 4.45. The van der Waals surface area contributed by atoms with Crippen LogP contribution in [-0.2, 0) is 9.47 Å². The molecule has 6 nitrogen and oxygen atoms in total. The van der Waals surface area contributed by atoms with Crippen molar-refractivity contribution in [3.8, 4) is 0 Å². The van der Waals surface area contributed by atoms with Crippen LogP contribution >= 0.6 is 0 Å². The lowest BCUT2D eigenvalue weighted by molar-refractivity contribution is 0.0526. The van der Waals surface area contributed by atoms with Gasteiger partial charge in [-0.1, -0.05) is 0 Å². The molecule has 0 spiro atoms. The summed E-state index contributed by atoms with van der Waals surface area (Å²) < 4.78 is 10.4. The third-order valence-corrected chi connectivity index (χ3v) is 3.16. The molecule has 1 aliphatic rings. The Kier molecular flexibility index (Phi) is 4.21. The Bertz CT molecular complexity index is 464. The van der Waals surface area contributed by atoms with Crippen molar-refractivity contribution in [2.24, 2.45) is 0 Å². The first-order valence-electron chi connectivity index (χ1n) is 6.36. The van der Waals surface area contributed by atoms with Crippen molar-refractivity contribution in [1.82, 2.24) is 4.98 Å². The molecule has 0 radical (unpaired) electrons. The highest BCUT2D eigenvalue weighted by atomic mass is 16.5. The zero-order valence-electron chi connectivity index (χ0n) is 11.3. The van der Waals surface area contributed by atoms with Crippen LogP contribution in [-0.4, -0.2) is 43.9 Å². The lowest BCUT2D eigenvalue weighted by Crippen LogP contribution is -2.25. The number of anilines is 2. The van der Waals surface area contributed by atoms with Gasteiger partial charge in [0.15, 0.2) is 0 Å². The Labute approximate surface area is 112 Å². The van der Waals surface area contributed by atoms with E-state index < -0.39 is 5.97 Å². The molecule has 0 aliphatic carbocycles. The summed E-state index contributed by atoms with van der Waals surface area (Å²) in [7, 11) is 1.69. The van der Waals surface area contributed by atoms with Crippen molar-refractivity contribution in [2.45, 2.75) is 19.4 Å². The molecule has 2 heterocycles. The van der Waals surface area contributed by atoms with E-state index in [1.807, 2.05) is 4.90 Å². The number of pyridine rings is 1. The summed E-state index contributed by atoms with van der Waals surface area (Å²) in [5.41, 5.74) is 6.57. The molecule has 104 valence electrons. The van der Waals surface area contributed by atoms with E-state index in [-0.39, 0.29) is 6.10 Å². The maximum Gasteiger partial charge on any atom is 0.341 e. The van der Waals surface area contributed by atoms with E-state index >= 15 is 0 Å². The number of hydrogen-bond acceptors (Lipinski definition) is 6. The molecular formula is C13H19N3O3. The van der Waals surface area contributed by atoms with Gasteiger partial charge < -0.3 is 20.1 Å². The van der Waals surface area contributed by atoms with E-state index in [0.29, 0.717) is 23.7 Å². The summed E-state index contributed by atoms with van der Waals surface area (Å²) in [4.78, 5) is 18.3. The van der Waals surface area contributed by atoms with Crippen molar-refractivity contribution < 1.29 is 14.3 Å². The summed E-state index contributed by atoms with van der Waals surface area (Å²) in [5, 5.41) is 0. The molecule has 19 heavy (non-hydrogen) atoms. The molecule has 1 aromatic heterocycles. The van der Waals surface area contributed by atoms with Crippen molar-refractivity contribution in [2.75, 3.05) is 37.4 Å². The van der Waals surface area contributed by atoms with Gasteiger partial charge in [0, 0.05) is 20.2 Å². The van der Waals surface area contributed by atoms with Crippen LogP contribution in [0, 0.1) is 0 Å². The normalized spacial score (nSPS) is 18.6. The zero-order valence-corrected chi connectivity index (χ0v) is 11.3. The number of nitrogens with zero attached hydrogens (tertiary/aromatic N) is 2. The van der Waals surface area contributed by atoms with Gasteiger partial charge in [-0.15, -0.1) is 0 Å². The number of nitrogens with two attached hydrogens (primary N) is 1. The van der Waals surface area contributed by atoms with Gasteiger partial charge in [0.05, 0.1) is 24.6 Å². The molecule has 0 saturated carbocycles. The van der Waals surface area contributed by atoms with Crippen LogP contribution in [0.5, 0.6) is 0 Å². The fourth-order valence-corrected chi connectivity index (χ4v) is 2.20. The summed E-state index contributed by atoms with van der Waals surface area (Å²) in [6, 6.07) is 1.61. The van der Waals surface area contributed by atoms with Gasteiger partial charge in [0.25, 0.3) is 0 Å². The minimum atomic E-state index is -0.391. The van der Waals surface area contributed by atoms with Crippen molar-refractivity contribution in [1.29, 1.82) is 0 Å². The molecule has 1 saturated heterocycles. The van der Waals surface area contributed by atoms with E-state index in [9.17, 15) is 4.79 Å². The fourth-order valence-electron chi connectivity index (χ4n) is 2.20. The maximum absolute atomic E-state index is 11.9. The van der Waals surface area contributed by atoms with E-state index in [0.717, 1.165) is 19.5 Å². The predicted molar refractivity (Wildman–Crippen MR) is 72.2 cm³/mol. The predicted octanol–water partition coefficient (Wildman–Crippen LogP) is 1.07. The van der Waals surface area contributed by atoms with Gasteiger partial charge in [-0.25, -0.2) is 9.78 Å². The third kappa shape index (κ3) is 2.96. The van der Waals surface area contributed by atoms with Gasteiger partial charge >= 0.3 is 5.97 Å². The standard InChI is InChI=1S/C13H19N3O3/c1-3-19-13(17)11-6-9(14)7-15-12(11)16-5-4-10(8-16)18-2/h6-7,10H,3-5,8,14H2,1-2H3. The molecular weight excluding hydrogens is 246 g/mol. The number of aromatic nitrogens is 1. The Morgan fingerprint density at radius 2 is 2.42 bits per heavy atom. The second kappa shape index (κ2) is 5.88. The number of rotatable bonds is 4. The molecule has 6 heteroatoms. The van der Waals surface area contributed by atoms with Crippen LogP contribution in [0.2, 0.25) is 0 Å². The van der Waals surface area contributed by atoms with Crippen LogP contribution in [0.4, 0.5) is 11.5 Å². The number of ether oxygens (including phenoxy) is 2. The molecule has 0 aromatic carbocycles. The first kappa shape index (κ1) is 13.6. The summed E-state index contributed by atoms with van der Waals surface area (Å²) in [6.45, 7) is 3.63. The summed E-state index contributed by atoms with van der Waals surface area (Å²) in [6.07, 6.45) is 2.65. The van der Waals surface area contributed by atoms with Crippen molar-refractivity contribution >= 4 is 17.5 Å². The highest BCUT2D eigenvalue weighted by molar-refractivity contribution is 5.95. The Hall–Kier alpha value is -1.82. The fraction of sp³-hybridized carbons (Fsp3) is 0.538. The van der Waals surface area contributed by atoms with E-state index in [1.54, 1.807) is 26.3 Å². The molecule has 2 rings (SSSR count). The Morgan fingerprint density at radius 3 is 3.05 bits per heavy atom. The summed E-state index contributed by atoms with van der Waals surface area (Å²) in [5.74, 6) is 0.227. The van der Waals surface area contributed by atoms with Crippen LogP contribution in [0.15, 0.2) is 12.3 Å². The zero-order chi connectivity index (χ0) is 13.8. The smallest absolute Gasteiger partial charge is 0.341 e. The molecule has 1 aromatic rings. The van der Waals surface area contributed by atoms with Gasteiger partial charge in [0.2, 0.25) is 0 Å². The number of carbonyl (C=O) groups is 1. The van der Waals surface area contributed by atoms with Crippen LogP contribution < -0.4 is 10.6 Å². The topological polar surface area (TPSA) is 77.7 Å². The van der Waals surface area contributed by atoms with Gasteiger partial charge in [-0.3, -0.25) is 0 Å². The molecule has 1 aliphatic heterocycles. The third-order valence-electron chi connectivity index (χ3n) is 3.16. The number of hydrogen-bond donors (Lipinski definition) is 1. The van der Waals surface area contributed by atoms with Crippen LogP contribution in [0.1, 0.15) is 23.7 Å². The number of methoxy groups -OCH3 is 1. The average Bonchev–Trinajstić information content (AvgIpc) is 2.87. The lowest BCUT2D eigenvalue weighted by atomic mass is 10.2. The van der Waals surface area contributed by atoms with Gasteiger partial charge in [0.1, 0.15) is 11.4 Å². The highest BCUT2D eigenvalue weighted by Gasteiger charge is 2.27. The molecule has 1 atom stereocenters. The highest BCUT2D eigenvalue weighted by Crippen LogP contribution is 2.25. The lowest BCUT2D eigenvalue weighted by Gasteiger charge is -2.20. The number of carbonyl (C=O) groups excluding carboxylic acids is 1. The Morgan fingerprint density at radius 1 is 1.63 bits per heavy atom. The van der Waals surface area contributed by atoms with E-state index in [4.69, 9.17) is 15.2 Å². The average molecular weight is 265 g/mol. The SMILES string of the molecule is CCOC(=O)c1cc(N)cnc1N1CCC(OC)C1. The largest absolute Gasteiger partial charge is 0.462 e.